The molecule has 4 heteroatoms. The van der Waals surface area contributed by atoms with Crippen LogP contribution in [0.1, 0.15) is 38.2 Å². The number of aromatic nitrogens is 1. The molecule has 1 aromatic heterocycles. The highest BCUT2D eigenvalue weighted by Crippen LogP contribution is 2.42. The van der Waals surface area contributed by atoms with Crippen molar-refractivity contribution in [1.82, 2.24) is 4.98 Å². The average Bonchev–Trinajstić information content (AvgIpc) is 3.08. The third kappa shape index (κ3) is 1.79. The van der Waals surface area contributed by atoms with Gasteiger partial charge in [0.2, 0.25) is 0 Å². The molecule has 3 nitrogen and oxygen atoms in total. The summed E-state index contributed by atoms with van der Waals surface area (Å²) in [5, 5.41) is 1.23. The van der Waals surface area contributed by atoms with E-state index < -0.39 is 5.60 Å². The summed E-state index contributed by atoms with van der Waals surface area (Å²) in [5.74, 6) is 1.41. The first kappa shape index (κ1) is 12.1. The second-order valence-electron chi connectivity index (χ2n) is 6.31. The number of rotatable bonds is 2. The number of para-hydroxylation sites is 1. The van der Waals surface area contributed by atoms with Gasteiger partial charge < -0.3 is 14.3 Å². The van der Waals surface area contributed by atoms with Crippen LogP contribution in [0.25, 0.3) is 10.9 Å². The van der Waals surface area contributed by atoms with E-state index in [-0.39, 0.29) is 7.12 Å². The Morgan fingerprint density at radius 2 is 2.15 bits per heavy atom. The third-order valence-electron chi connectivity index (χ3n) is 4.30. The fraction of sp³-hybridized carbons (Fsp3) is 0.375. The molecule has 1 N–H and O–H groups in total. The number of fused-ring (bicyclic) bond motifs is 1. The molecule has 4 rings (SSSR count). The summed E-state index contributed by atoms with van der Waals surface area (Å²) in [7, 11) is -0.378. The number of aromatic amines is 1. The molecule has 2 aromatic rings. The van der Waals surface area contributed by atoms with Gasteiger partial charge in [-0.05, 0) is 49.6 Å². The van der Waals surface area contributed by atoms with Crippen LogP contribution in [0.2, 0.25) is 0 Å². The lowest BCUT2D eigenvalue weighted by Gasteiger charge is -2.15. The van der Waals surface area contributed by atoms with Crippen LogP contribution < -0.4 is 5.59 Å². The number of hydrogen-bond donors (Lipinski definition) is 1. The second kappa shape index (κ2) is 3.92. The van der Waals surface area contributed by atoms with Gasteiger partial charge in [0, 0.05) is 5.52 Å². The van der Waals surface area contributed by atoms with E-state index in [0.29, 0.717) is 5.76 Å². The first-order valence-electron chi connectivity index (χ1n) is 7.20. The summed E-state index contributed by atoms with van der Waals surface area (Å²) in [6.45, 7) is 7.89. The molecule has 1 saturated heterocycles. The Balaban J connectivity index is 1.75. The highest BCUT2D eigenvalue weighted by atomic mass is 16.7. The molecule has 0 unspecified atom stereocenters. The first-order chi connectivity index (χ1) is 9.54. The molecular formula is C16H18BNO2. The predicted molar refractivity (Wildman–Crippen MR) is 81.1 cm³/mol. The Bertz CT molecular complexity index is 700. The molecule has 0 bridgehead atoms. The normalized spacial score (nSPS) is 21.5. The van der Waals surface area contributed by atoms with E-state index in [4.69, 9.17) is 9.31 Å². The first-order valence-corrected chi connectivity index (χ1v) is 7.20. The van der Waals surface area contributed by atoms with Crippen molar-refractivity contribution in [1.29, 1.82) is 0 Å². The van der Waals surface area contributed by atoms with Gasteiger partial charge in [-0.1, -0.05) is 24.8 Å². The molecule has 1 aliphatic carbocycles. The van der Waals surface area contributed by atoms with E-state index in [9.17, 15) is 0 Å². The van der Waals surface area contributed by atoms with Crippen LogP contribution in [0.15, 0.2) is 36.6 Å². The van der Waals surface area contributed by atoms with Crippen LogP contribution in [-0.4, -0.2) is 17.7 Å². The largest absolute Gasteiger partial charge is 0.580 e. The van der Waals surface area contributed by atoms with Crippen molar-refractivity contribution < 1.29 is 9.31 Å². The maximum Gasteiger partial charge on any atom is 0.580 e. The lowest BCUT2D eigenvalue weighted by Crippen LogP contribution is -2.35. The van der Waals surface area contributed by atoms with Gasteiger partial charge in [0.25, 0.3) is 0 Å². The van der Waals surface area contributed by atoms with Gasteiger partial charge >= 0.3 is 7.12 Å². The zero-order valence-electron chi connectivity index (χ0n) is 11.9. The van der Waals surface area contributed by atoms with Gasteiger partial charge in [0.05, 0.1) is 11.4 Å². The average molecular weight is 267 g/mol. The van der Waals surface area contributed by atoms with Gasteiger partial charge in [0.15, 0.2) is 0 Å². The molecule has 20 heavy (non-hydrogen) atoms. The Hall–Kier alpha value is -1.68. The Morgan fingerprint density at radius 3 is 2.80 bits per heavy atom. The van der Waals surface area contributed by atoms with E-state index in [1.807, 2.05) is 13.8 Å². The highest BCUT2D eigenvalue weighted by molar-refractivity contribution is 6.62. The SMILES string of the molecule is C=C1OB(c2cc3cccc(C4CC4)c3[nH]2)OC1(C)C. The lowest BCUT2D eigenvalue weighted by molar-refractivity contribution is 0.173. The van der Waals surface area contributed by atoms with E-state index in [1.54, 1.807) is 0 Å². The molecule has 0 radical (unpaired) electrons. The molecule has 1 aromatic carbocycles. The maximum atomic E-state index is 5.94. The van der Waals surface area contributed by atoms with E-state index in [1.165, 1.54) is 29.3 Å². The van der Waals surface area contributed by atoms with Crippen molar-refractivity contribution in [2.45, 2.75) is 38.2 Å². The second-order valence-corrected chi connectivity index (χ2v) is 6.31. The number of H-pyrrole nitrogens is 1. The Kier molecular flexibility index (Phi) is 2.37. The van der Waals surface area contributed by atoms with Crippen molar-refractivity contribution in [2.24, 2.45) is 0 Å². The molecular weight excluding hydrogens is 249 g/mol. The fourth-order valence-corrected chi connectivity index (χ4v) is 2.82. The van der Waals surface area contributed by atoms with E-state index >= 15 is 0 Å². The lowest BCUT2D eigenvalue weighted by atomic mass is 9.85. The van der Waals surface area contributed by atoms with Crippen molar-refractivity contribution in [3.8, 4) is 0 Å². The summed E-state index contributed by atoms with van der Waals surface area (Å²) in [5.41, 5.74) is 3.19. The molecule has 2 fully saturated rings. The topological polar surface area (TPSA) is 34.2 Å². The van der Waals surface area contributed by atoms with Crippen LogP contribution in [0.3, 0.4) is 0 Å². The molecule has 2 aliphatic rings. The molecule has 0 amide bonds. The van der Waals surface area contributed by atoms with Crippen molar-refractivity contribution in [3.05, 3.63) is 42.2 Å². The Labute approximate surface area is 119 Å². The molecule has 2 heterocycles. The molecule has 102 valence electrons. The number of nitrogens with one attached hydrogen (secondary N) is 1. The Morgan fingerprint density at radius 1 is 1.35 bits per heavy atom. The molecule has 0 atom stereocenters. The van der Waals surface area contributed by atoms with Gasteiger partial charge in [-0.3, -0.25) is 0 Å². The zero-order chi connectivity index (χ0) is 13.9. The van der Waals surface area contributed by atoms with Gasteiger partial charge in [-0.2, -0.15) is 0 Å². The van der Waals surface area contributed by atoms with Crippen LogP contribution in [0, 0.1) is 0 Å². The van der Waals surface area contributed by atoms with Crippen molar-refractivity contribution in [2.75, 3.05) is 0 Å². The molecule has 0 spiro atoms. The van der Waals surface area contributed by atoms with Crippen molar-refractivity contribution in [3.63, 3.8) is 0 Å². The quantitative estimate of drug-likeness (QED) is 0.848. The summed E-state index contributed by atoms with van der Waals surface area (Å²) < 4.78 is 11.7. The highest BCUT2D eigenvalue weighted by Gasteiger charge is 2.43. The fourth-order valence-electron chi connectivity index (χ4n) is 2.82. The van der Waals surface area contributed by atoms with Gasteiger partial charge in [0.1, 0.15) is 5.60 Å². The molecule has 1 aliphatic heterocycles. The minimum Gasteiger partial charge on any atom is -0.533 e. The number of hydrogen-bond acceptors (Lipinski definition) is 2. The minimum absolute atomic E-state index is 0.378. The summed E-state index contributed by atoms with van der Waals surface area (Å²) in [6, 6.07) is 8.61. The smallest absolute Gasteiger partial charge is 0.533 e. The van der Waals surface area contributed by atoms with E-state index in [2.05, 4.69) is 35.8 Å². The summed E-state index contributed by atoms with van der Waals surface area (Å²) >= 11 is 0. The summed E-state index contributed by atoms with van der Waals surface area (Å²) in [4.78, 5) is 3.49. The summed E-state index contributed by atoms with van der Waals surface area (Å²) in [6.07, 6.45) is 2.60. The minimum atomic E-state index is -0.429. The van der Waals surface area contributed by atoms with Crippen LogP contribution >= 0.6 is 0 Å². The van der Waals surface area contributed by atoms with Crippen LogP contribution in [0.5, 0.6) is 0 Å². The van der Waals surface area contributed by atoms with E-state index in [0.717, 1.165) is 11.5 Å². The van der Waals surface area contributed by atoms with Gasteiger partial charge in [-0.25, -0.2) is 0 Å². The monoisotopic (exact) mass is 267 g/mol. The predicted octanol–water partition coefficient (Wildman–Crippen LogP) is 3.08. The molecule has 1 saturated carbocycles. The van der Waals surface area contributed by atoms with Crippen LogP contribution in [0.4, 0.5) is 0 Å². The third-order valence-corrected chi connectivity index (χ3v) is 4.30. The maximum absolute atomic E-state index is 5.94. The van der Waals surface area contributed by atoms with Gasteiger partial charge in [-0.15, -0.1) is 0 Å². The van der Waals surface area contributed by atoms with Crippen LogP contribution in [-0.2, 0) is 9.31 Å². The van der Waals surface area contributed by atoms with Crippen molar-refractivity contribution >= 4 is 23.6 Å². The number of benzene rings is 1. The standard InChI is InChI=1S/C16H18BNO2/c1-10-16(2,3)20-17(19-10)14-9-12-5-4-6-13(11-7-8-11)15(12)18-14/h4-6,9,11,18H,1,7-8H2,2-3H3. The zero-order valence-corrected chi connectivity index (χ0v) is 11.9.